The van der Waals surface area contributed by atoms with Crippen molar-refractivity contribution in [1.82, 2.24) is 0 Å². The van der Waals surface area contributed by atoms with Crippen molar-refractivity contribution in [2.45, 2.75) is 32.6 Å². The third-order valence-corrected chi connectivity index (χ3v) is 8.82. The van der Waals surface area contributed by atoms with Gasteiger partial charge in [-0.25, -0.2) is 4.79 Å². The van der Waals surface area contributed by atoms with E-state index in [1.54, 1.807) is 55.6 Å². The zero-order valence-corrected chi connectivity index (χ0v) is 27.3. The molecule has 0 aliphatic carbocycles. The molecule has 0 radical (unpaired) electrons. The molecule has 9 heteroatoms. The van der Waals surface area contributed by atoms with Crippen LogP contribution in [0.4, 0.5) is 5.69 Å². The van der Waals surface area contributed by atoms with Crippen molar-refractivity contribution in [1.29, 1.82) is 0 Å². The summed E-state index contributed by atoms with van der Waals surface area (Å²) in [5.41, 5.74) is 2.90. The number of benzene rings is 4. The Balaban J connectivity index is 1.45. The van der Waals surface area contributed by atoms with Gasteiger partial charge >= 0.3 is 5.97 Å². The number of rotatable bonds is 10. The van der Waals surface area contributed by atoms with E-state index < -0.39 is 15.7 Å². The summed E-state index contributed by atoms with van der Waals surface area (Å²) >= 11 is 3.50. The van der Waals surface area contributed by atoms with Crippen molar-refractivity contribution >= 4 is 48.4 Å². The third-order valence-electron chi connectivity index (χ3n) is 6.57. The molecule has 0 fully saturated rings. The van der Waals surface area contributed by atoms with Crippen molar-refractivity contribution in [3.63, 3.8) is 0 Å². The molecular formula is C33H34BrNO6Si. The Hall–Kier alpha value is -4.08. The summed E-state index contributed by atoms with van der Waals surface area (Å²) in [6.07, 6.45) is 0.0253. The second-order valence-corrected chi connectivity index (χ2v) is 12.7. The maximum atomic E-state index is 13.0. The van der Waals surface area contributed by atoms with Gasteiger partial charge in [-0.05, 0) is 68.0 Å². The van der Waals surface area contributed by atoms with E-state index >= 15 is 0 Å². The number of carbonyl (C=O) groups excluding carboxylic acids is 2. The quantitative estimate of drug-likeness (QED) is 0.130. The van der Waals surface area contributed by atoms with Crippen LogP contribution >= 0.6 is 15.9 Å². The topological polar surface area (TPSA) is 83.1 Å². The fraction of sp³-hybridized carbons (Fsp3) is 0.212. The molecule has 0 aliphatic heterocycles. The largest absolute Gasteiger partial charge is 0.542 e. The highest BCUT2D eigenvalue weighted by molar-refractivity contribution is 9.10. The third kappa shape index (κ3) is 7.60. The lowest BCUT2D eigenvalue weighted by atomic mass is 9.87. The van der Waals surface area contributed by atoms with Crippen LogP contribution in [0.1, 0.15) is 42.3 Å². The first-order chi connectivity index (χ1) is 20.1. The number of hydrogen-bond acceptors (Lipinski definition) is 6. The summed E-state index contributed by atoms with van der Waals surface area (Å²) in [5.74, 6) is 0.949. The summed E-state index contributed by atoms with van der Waals surface area (Å²) in [6.45, 7) is 6.59. The number of amides is 1. The highest BCUT2D eigenvalue weighted by Crippen LogP contribution is 2.39. The number of nitrogens with one attached hydrogen (secondary N) is 1. The fourth-order valence-electron chi connectivity index (χ4n) is 4.47. The zero-order valence-electron chi connectivity index (χ0n) is 24.3. The van der Waals surface area contributed by atoms with Crippen LogP contribution in [0.3, 0.4) is 0 Å². The van der Waals surface area contributed by atoms with E-state index in [9.17, 15) is 9.59 Å². The van der Waals surface area contributed by atoms with Gasteiger partial charge in [0.25, 0.3) is 9.76 Å². The standard InChI is InChI=1S/C33H34BrNO6Si/c1-33(2,3)24-13-9-10-14-28(24)42-41-25-18-16-23(20-27(25)39-5)35-29(36)19-22-15-17-26(38-4)31(30(22)34)40-32(37)21-11-7-6-8-12-21/h6-18,20H,19,42H2,1-5H3,(H,35,36). The van der Waals surface area contributed by atoms with Crippen LogP contribution in [0.25, 0.3) is 0 Å². The SMILES string of the molecule is COc1cc(NC(=O)Cc2ccc(OC)c(OC(=O)c3ccccc3)c2Br)ccc1O[SiH2]c1ccccc1C(C)(C)C. The molecule has 1 amide bonds. The lowest BCUT2D eigenvalue weighted by molar-refractivity contribution is -0.115. The number of hydrogen-bond donors (Lipinski definition) is 1. The minimum Gasteiger partial charge on any atom is -0.542 e. The highest BCUT2D eigenvalue weighted by Gasteiger charge is 2.21. The summed E-state index contributed by atoms with van der Waals surface area (Å²) in [7, 11) is 1.98. The first-order valence-electron chi connectivity index (χ1n) is 13.4. The number of methoxy groups -OCH3 is 2. The second-order valence-electron chi connectivity index (χ2n) is 10.6. The van der Waals surface area contributed by atoms with Crippen molar-refractivity contribution < 1.29 is 28.2 Å². The number of anilines is 1. The Bertz CT molecular complexity index is 1570. The molecular weight excluding hydrogens is 614 g/mol. The maximum absolute atomic E-state index is 13.0. The lowest BCUT2D eigenvalue weighted by Crippen LogP contribution is -2.30. The Morgan fingerprint density at radius 2 is 1.50 bits per heavy atom. The van der Waals surface area contributed by atoms with Crippen LogP contribution in [-0.4, -0.2) is 35.9 Å². The monoisotopic (exact) mass is 647 g/mol. The van der Waals surface area contributed by atoms with E-state index in [-0.39, 0.29) is 23.5 Å². The highest BCUT2D eigenvalue weighted by atomic mass is 79.9. The van der Waals surface area contributed by atoms with Crippen LogP contribution in [0.15, 0.2) is 89.4 Å². The molecule has 0 saturated carbocycles. The molecule has 0 atom stereocenters. The predicted molar refractivity (Wildman–Crippen MR) is 171 cm³/mol. The molecule has 0 bridgehead atoms. The van der Waals surface area contributed by atoms with Gasteiger partial charge in [-0.2, -0.15) is 0 Å². The van der Waals surface area contributed by atoms with Crippen LogP contribution < -0.4 is 29.1 Å². The molecule has 42 heavy (non-hydrogen) atoms. The van der Waals surface area contributed by atoms with E-state index in [0.29, 0.717) is 38.5 Å². The molecule has 4 aromatic carbocycles. The van der Waals surface area contributed by atoms with Crippen LogP contribution in [0.5, 0.6) is 23.0 Å². The van der Waals surface area contributed by atoms with Crippen molar-refractivity contribution in [3.8, 4) is 23.0 Å². The molecule has 0 unspecified atom stereocenters. The van der Waals surface area contributed by atoms with Gasteiger partial charge in [0.15, 0.2) is 17.2 Å². The molecule has 4 rings (SSSR count). The van der Waals surface area contributed by atoms with Gasteiger partial charge in [0.2, 0.25) is 5.91 Å². The minimum absolute atomic E-state index is 0.0222. The smallest absolute Gasteiger partial charge is 0.343 e. The molecule has 0 aliphatic rings. The van der Waals surface area contributed by atoms with Crippen molar-refractivity contribution in [2.75, 3.05) is 19.5 Å². The number of carbonyl (C=O) groups is 2. The summed E-state index contributed by atoms with van der Waals surface area (Å²) < 4.78 is 23.3. The zero-order chi connectivity index (χ0) is 30.3. The first-order valence-corrected chi connectivity index (χ1v) is 15.5. The lowest BCUT2D eigenvalue weighted by Gasteiger charge is -2.23. The minimum atomic E-state index is -1.08. The second kappa shape index (κ2) is 13.7. The van der Waals surface area contributed by atoms with Crippen LogP contribution in [-0.2, 0) is 16.6 Å². The summed E-state index contributed by atoms with van der Waals surface area (Å²) in [5, 5.41) is 4.15. The van der Waals surface area contributed by atoms with Gasteiger partial charge < -0.3 is 24.0 Å². The number of ether oxygens (including phenoxy) is 3. The Kier molecular flexibility index (Phi) is 10.1. The summed E-state index contributed by atoms with van der Waals surface area (Å²) in [6, 6.07) is 25.8. The van der Waals surface area contributed by atoms with Gasteiger partial charge in [-0.1, -0.05) is 69.3 Å². The Labute approximate surface area is 257 Å². The Morgan fingerprint density at radius 3 is 2.19 bits per heavy atom. The van der Waals surface area contributed by atoms with Crippen LogP contribution in [0.2, 0.25) is 0 Å². The summed E-state index contributed by atoms with van der Waals surface area (Å²) in [4.78, 5) is 25.7. The normalized spacial score (nSPS) is 11.3. The first kappa shape index (κ1) is 30.9. The molecule has 0 aromatic heterocycles. The maximum Gasteiger partial charge on any atom is 0.343 e. The van der Waals surface area contributed by atoms with Crippen LogP contribution in [0, 0.1) is 0 Å². The van der Waals surface area contributed by atoms with Gasteiger partial charge in [0.05, 0.1) is 30.7 Å². The van der Waals surface area contributed by atoms with Crippen molar-refractivity contribution in [3.05, 3.63) is 106 Å². The van der Waals surface area contributed by atoms with Crippen molar-refractivity contribution in [2.24, 2.45) is 0 Å². The van der Waals surface area contributed by atoms with Gasteiger partial charge in [-0.15, -0.1) is 0 Å². The molecule has 1 N–H and O–H groups in total. The fourth-order valence-corrected chi connectivity index (χ4v) is 6.61. The molecule has 4 aromatic rings. The molecule has 0 saturated heterocycles. The molecule has 0 heterocycles. The van der Waals surface area contributed by atoms with E-state index in [0.717, 1.165) is 0 Å². The number of esters is 1. The average Bonchev–Trinajstić information content (AvgIpc) is 2.98. The molecule has 7 nitrogen and oxygen atoms in total. The number of halogens is 1. The average molecular weight is 649 g/mol. The van der Waals surface area contributed by atoms with E-state index in [1.807, 2.05) is 18.2 Å². The van der Waals surface area contributed by atoms with Gasteiger partial charge in [0.1, 0.15) is 5.75 Å². The predicted octanol–water partition coefficient (Wildman–Crippen LogP) is 5.95. The molecule has 218 valence electrons. The van der Waals surface area contributed by atoms with Gasteiger partial charge in [0, 0.05) is 11.8 Å². The molecule has 0 spiro atoms. The Morgan fingerprint density at radius 1 is 0.833 bits per heavy atom. The van der Waals surface area contributed by atoms with E-state index in [4.69, 9.17) is 18.6 Å². The van der Waals surface area contributed by atoms with E-state index in [2.05, 4.69) is 60.2 Å². The van der Waals surface area contributed by atoms with Gasteiger partial charge in [-0.3, -0.25) is 4.79 Å². The van der Waals surface area contributed by atoms with E-state index in [1.165, 1.54) is 17.9 Å².